The SMILES string of the molecule is COc1ccc(C2(O)CC3COCC(C2)N3C(=O)OCC2c3ccccc3-c3ccccc32)cc1C(F)(F)F. The lowest BCUT2D eigenvalue weighted by Crippen LogP contribution is -2.62. The van der Waals surface area contributed by atoms with Crippen LogP contribution in [0.2, 0.25) is 0 Å². The fraction of sp³-hybridized carbons (Fsp3) is 0.367. The van der Waals surface area contributed by atoms with Crippen LogP contribution in [0.4, 0.5) is 18.0 Å². The van der Waals surface area contributed by atoms with Crippen molar-refractivity contribution in [1.82, 2.24) is 4.90 Å². The summed E-state index contributed by atoms with van der Waals surface area (Å²) in [6.45, 7) is 0.470. The highest BCUT2D eigenvalue weighted by atomic mass is 19.4. The van der Waals surface area contributed by atoms with Crippen molar-refractivity contribution < 1.29 is 37.3 Å². The molecule has 2 unspecified atom stereocenters. The highest BCUT2D eigenvalue weighted by Gasteiger charge is 2.50. The lowest BCUT2D eigenvalue weighted by molar-refractivity contribution is -0.141. The molecule has 1 aliphatic carbocycles. The number of alkyl halides is 3. The molecule has 9 heteroatoms. The number of fused-ring (bicyclic) bond motifs is 5. The van der Waals surface area contributed by atoms with Crippen LogP contribution >= 0.6 is 0 Å². The van der Waals surface area contributed by atoms with E-state index in [1.54, 1.807) is 4.90 Å². The van der Waals surface area contributed by atoms with E-state index in [0.717, 1.165) is 28.3 Å². The first-order valence-corrected chi connectivity index (χ1v) is 12.9. The minimum atomic E-state index is -4.64. The number of aliphatic hydroxyl groups is 1. The molecule has 0 spiro atoms. The molecule has 2 atom stereocenters. The zero-order valence-electron chi connectivity index (χ0n) is 21.3. The molecule has 204 valence electrons. The van der Waals surface area contributed by atoms with E-state index in [4.69, 9.17) is 14.2 Å². The third kappa shape index (κ3) is 4.43. The maximum atomic E-state index is 13.7. The van der Waals surface area contributed by atoms with Gasteiger partial charge in [0.25, 0.3) is 0 Å². The van der Waals surface area contributed by atoms with Crippen LogP contribution in [0.5, 0.6) is 5.75 Å². The Morgan fingerprint density at radius 1 is 1.00 bits per heavy atom. The Bertz CT molecular complexity index is 1350. The summed E-state index contributed by atoms with van der Waals surface area (Å²) in [6, 6.07) is 18.6. The van der Waals surface area contributed by atoms with Gasteiger partial charge in [0.15, 0.2) is 0 Å². The first-order valence-electron chi connectivity index (χ1n) is 12.9. The van der Waals surface area contributed by atoms with Gasteiger partial charge in [0, 0.05) is 18.8 Å². The number of benzene rings is 3. The van der Waals surface area contributed by atoms with E-state index in [-0.39, 0.29) is 49.9 Å². The number of rotatable bonds is 4. The van der Waals surface area contributed by atoms with Gasteiger partial charge in [-0.15, -0.1) is 0 Å². The maximum absolute atomic E-state index is 13.7. The number of hydrogen-bond donors (Lipinski definition) is 1. The van der Waals surface area contributed by atoms with Crippen LogP contribution in [0, 0.1) is 0 Å². The van der Waals surface area contributed by atoms with Crippen molar-refractivity contribution in [2.24, 2.45) is 0 Å². The van der Waals surface area contributed by atoms with Crippen molar-refractivity contribution in [3.8, 4) is 16.9 Å². The lowest BCUT2D eigenvalue weighted by Gasteiger charge is -2.51. The van der Waals surface area contributed by atoms with Gasteiger partial charge >= 0.3 is 12.3 Å². The number of morpholine rings is 1. The van der Waals surface area contributed by atoms with Gasteiger partial charge in [0.2, 0.25) is 0 Å². The molecule has 6 nitrogen and oxygen atoms in total. The molecular weight excluding hydrogens is 511 g/mol. The molecule has 0 radical (unpaired) electrons. The van der Waals surface area contributed by atoms with Crippen LogP contribution in [-0.2, 0) is 21.3 Å². The predicted octanol–water partition coefficient (Wildman–Crippen LogP) is 5.71. The normalized spacial score (nSPS) is 24.2. The number of nitrogens with zero attached hydrogens (tertiary/aromatic N) is 1. The second-order valence-corrected chi connectivity index (χ2v) is 10.4. The van der Waals surface area contributed by atoms with Gasteiger partial charge in [-0.3, -0.25) is 4.90 Å². The van der Waals surface area contributed by atoms with E-state index >= 15 is 0 Å². The van der Waals surface area contributed by atoms with E-state index in [1.807, 2.05) is 36.4 Å². The third-order valence-electron chi connectivity index (χ3n) is 8.14. The van der Waals surface area contributed by atoms with Gasteiger partial charge in [-0.25, -0.2) is 4.79 Å². The smallest absolute Gasteiger partial charge is 0.419 e. The molecule has 0 saturated carbocycles. The molecule has 3 aromatic carbocycles. The summed E-state index contributed by atoms with van der Waals surface area (Å²) in [5, 5.41) is 11.6. The molecule has 3 aliphatic rings. The number of amides is 1. The highest BCUT2D eigenvalue weighted by molar-refractivity contribution is 5.79. The van der Waals surface area contributed by atoms with Gasteiger partial charge in [0.1, 0.15) is 12.4 Å². The van der Waals surface area contributed by atoms with E-state index in [9.17, 15) is 23.1 Å². The number of ether oxygens (including phenoxy) is 3. The Morgan fingerprint density at radius 2 is 1.59 bits per heavy atom. The minimum Gasteiger partial charge on any atom is -0.496 e. The second kappa shape index (κ2) is 9.57. The Morgan fingerprint density at radius 3 is 2.15 bits per heavy atom. The quantitative estimate of drug-likeness (QED) is 0.460. The average molecular weight is 540 g/mol. The highest BCUT2D eigenvalue weighted by Crippen LogP contribution is 2.46. The van der Waals surface area contributed by atoms with Crippen LogP contribution in [0.1, 0.15) is 41.0 Å². The topological polar surface area (TPSA) is 68.2 Å². The summed E-state index contributed by atoms with van der Waals surface area (Å²) in [7, 11) is 1.17. The van der Waals surface area contributed by atoms with Crippen LogP contribution in [0.3, 0.4) is 0 Å². The summed E-state index contributed by atoms with van der Waals surface area (Å²) < 4.78 is 57.4. The Hall–Kier alpha value is -3.56. The Kier molecular flexibility index (Phi) is 6.31. The van der Waals surface area contributed by atoms with Crippen molar-refractivity contribution in [3.63, 3.8) is 0 Å². The largest absolute Gasteiger partial charge is 0.496 e. The summed E-state index contributed by atoms with van der Waals surface area (Å²) >= 11 is 0. The van der Waals surface area contributed by atoms with Gasteiger partial charge in [0.05, 0.1) is 43.6 Å². The number of methoxy groups -OCH3 is 1. The molecule has 6 rings (SSSR count). The maximum Gasteiger partial charge on any atom is 0.419 e. The van der Waals surface area contributed by atoms with E-state index in [2.05, 4.69) is 12.1 Å². The molecule has 39 heavy (non-hydrogen) atoms. The van der Waals surface area contributed by atoms with Crippen molar-refractivity contribution in [2.75, 3.05) is 26.9 Å². The van der Waals surface area contributed by atoms with Gasteiger partial charge in [-0.2, -0.15) is 13.2 Å². The van der Waals surface area contributed by atoms with Gasteiger partial charge in [-0.05, 0) is 39.9 Å². The van der Waals surface area contributed by atoms with E-state index in [1.165, 1.54) is 19.2 Å². The summed E-state index contributed by atoms with van der Waals surface area (Å²) in [4.78, 5) is 15.0. The third-order valence-corrected chi connectivity index (χ3v) is 8.14. The molecule has 2 saturated heterocycles. The predicted molar refractivity (Wildman–Crippen MR) is 136 cm³/mol. The fourth-order valence-electron chi connectivity index (χ4n) is 6.40. The van der Waals surface area contributed by atoms with Crippen LogP contribution in [0.25, 0.3) is 11.1 Å². The number of carbonyl (C=O) groups excluding carboxylic acids is 1. The van der Waals surface area contributed by atoms with Crippen molar-refractivity contribution in [3.05, 3.63) is 89.0 Å². The van der Waals surface area contributed by atoms with E-state index in [0.29, 0.717) is 0 Å². The van der Waals surface area contributed by atoms with Crippen LogP contribution in [0.15, 0.2) is 66.7 Å². The molecule has 1 amide bonds. The molecule has 2 heterocycles. The molecule has 2 aliphatic heterocycles. The molecule has 0 aromatic heterocycles. The van der Waals surface area contributed by atoms with Crippen LogP contribution in [-0.4, -0.2) is 55.1 Å². The molecule has 1 N–H and O–H groups in total. The number of hydrogen-bond acceptors (Lipinski definition) is 5. The van der Waals surface area contributed by atoms with Gasteiger partial charge in [-0.1, -0.05) is 54.6 Å². The first-order chi connectivity index (χ1) is 18.7. The zero-order chi connectivity index (χ0) is 27.4. The van der Waals surface area contributed by atoms with E-state index < -0.39 is 35.5 Å². The number of carbonyl (C=O) groups is 1. The molecule has 2 bridgehead atoms. The zero-order valence-corrected chi connectivity index (χ0v) is 21.3. The summed E-state index contributed by atoms with van der Waals surface area (Å²) in [6.07, 6.45) is -5.10. The number of piperidine rings is 1. The minimum absolute atomic E-state index is 0.0251. The monoisotopic (exact) mass is 539 g/mol. The fourth-order valence-corrected chi connectivity index (χ4v) is 6.40. The van der Waals surface area contributed by atoms with Crippen molar-refractivity contribution in [2.45, 2.75) is 42.6 Å². The van der Waals surface area contributed by atoms with Crippen molar-refractivity contribution in [1.29, 1.82) is 0 Å². The average Bonchev–Trinajstić information content (AvgIpc) is 3.24. The Balaban J connectivity index is 1.21. The summed E-state index contributed by atoms with van der Waals surface area (Å²) in [5.74, 6) is -0.409. The second-order valence-electron chi connectivity index (χ2n) is 10.4. The van der Waals surface area contributed by atoms with Crippen LogP contribution < -0.4 is 4.74 Å². The molecular formula is C30H28F3NO5. The molecule has 3 aromatic rings. The van der Waals surface area contributed by atoms with Gasteiger partial charge < -0.3 is 19.3 Å². The lowest BCUT2D eigenvalue weighted by atomic mass is 9.76. The first kappa shape index (κ1) is 25.7. The standard InChI is InChI=1S/C30H28F3NO5/c1-37-27-11-10-18(12-26(27)30(31,32)33)29(36)13-19-15-38-16-20(14-29)34(19)28(35)39-17-25-23-8-4-2-6-21(23)22-7-3-5-9-24(22)25/h2-12,19-20,25,36H,13-17H2,1H3. The van der Waals surface area contributed by atoms with Crippen molar-refractivity contribution >= 4 is 6.09 Å². The summed E-state index contributed by atoms with van der Waals surface area (Å²) in [5.41, 5.74) is 2.08. The molecule has 2 fully saturated rings. The number of halogens is 3. The Labute approximate surface area is 223 Å².